The Bertz CT molecular complexity index is 1080. The normalized spacial score (nSPS) is 18.3. The first kappa shape index (κ1) is 19.5. The zero-order chi connectivity index (χ0) is 20.7. The number of rotatable bonds is 3. The molecular weight excluding hydrogens is 390 g/mol. The fourth-order valence-corrected chi connectivity index (χ4v) is 6.01. The van der Waals surface area contributed by atoms with Crippen molar-refractivity contribution in [1.29, 1.82) is 0 Å². The molecule has 1 aliphatic heterocycles. The van der Waals surface area contributed by atoms with Crippen LogP contribution >= 0.6 is 11.3 Å². The lowest BCUT2D eigenvalue weighted by atomic mass is 9.75. The smallest absolute Gasteiger partial charge is 0.173 e. The predicted molar refractivity (Wildman–Crippen MR) is 125 cm³/mol. The van der Waals surface area contributed by atoms with E-state index in [0.717, 1.165) is 37.6 Å². The van der Waals surface area contributed by atoms with Crippen LogP contribution in [0, 0.1) is 5.41 Å². The number of carbonyl (C=O) groups is 1. The highest BCUT2D eigenvalue weighted by atomic mass is 32.1. The number of hydrogen-bond acceptors (Lipinski definition) is 4. The van der Waals surface area contributed by atoms with Gasteiger partial charge in [-0.3, -0.25) is 4.79 Å². The number of anilines is 1. The lowest BCUT2D eigenvalue weighted by molar-refractivity contribution is 0.0918. The number of fused-ring (bicyclic) bond motifs is 1. The van der Waals surface area contributed by atoms with E-state index in [2.05, 4.69) is 67.3 Å². The van der Waals surface area contributed by atoms with Crippen molar-refractivity contribution in [1.82, 2.24) is 0 Å². The first-order chi connectivity index (χ1) is 14.5. The average Bonchev–Trinajstić information content (AvgIpc) is 3.14. The second kappa shape index (κ2) is 7.68. The summed E-state index contributed by atoms with van der Waals surface area (Å²) in [7, 11) is 0. The lowest BCUT2D eigenvalue weighted by Crippen LogP contribution is -2.36. The van der Waals surface area contributed by atoms with Crippen LogP contribution in [0.4, 0.5) is 5.00 Å². The van der Waals surface area contributed by atoms with Gasteiger partial charge in [0.05, 0.1) is 23.1 Å². The van der Waals surface area contributed by atoms with Crippen LogP contribution in [0.3, 0.4) is 0 Å². The van der Waals surface area contributed by atoms with Gasteiger partial charge in [-0.1, -0.05) is 62.4 Å². The number of thiophene rings is 1. The van der Waals surface area contributed by atoms with Crippen LogP contribution in [0.5, 0.6) is 0 Å². The molecule has 1 saturated heterocycles. The van der Waals surface area contributed by atoms with Gasteiger partial charge in [-0.25, -0.2) is 0 Å². The minimum absolute atomic E-state index is 0.000768. The van der Waals surface area contributed by atoms with E-state index >= 15 is 0 Å². The minimum Gasteiger partial charge on any atom is -0.378 e. The molecule has 0 bridgehead atoms. The molecule has 5 rings (SSSR count). The Labute approximate surface area is 182 Å². The second-order valence-corrected chi connectivity index (χ2v) is 10.1. The number of ketones is 1. The third kappa shape index (κ3) is 3.59. The summed E-state index contributed by atoms with van der Waals surface area (Å²) in [6, 6.07) is 19.3. The second-order valence-electron chi connectivity index (χ2n) is 9.08. The number of benzene rings is 2. The third-order valence-corrected chi connectivity index (χ3v) is 7.43. The van der Waals surface area contributed by atoms with Gasteiger partial charge in [0.25, 0.3) is 0 Å². The summed E-state index contributed by atoms with van der Waals surface area (Å²) in [6.07, 6.45) is 1.58. The Balaban J connectivity index is 1.68. The van der Waals surface area contributed by atoms with E-state index in [9.17, 15) is 4.79 Å². The van der Waals surface area contributed by atoms with Crippen LogP contribution in [0.2, 0.25) is 0 Å². The van der Waals surface area contributed by atoms with Crippen molar-refractivity contribution in [2.45, 2.75) is 26.7 Å². The molecule has 1 fully saturated rings. The van der Waals surface area contributed by atoms with Crippen molar-refractivity contribution in [2.75, 3.05) is 31.2 Å². The number of hydrogen-bond donors (Lipinski definition) is 0. The van der Waals surface area contributed by atoms with Gasteiger partial charge >= 0.3 is 0 Å². The van der Waals surface area contributed by atoms with E-state index in [1.807, 2.05) is 6.07 Å². The van der Waals surface area contributed by atoms with Crippen LogP contribution < -0.4 is 4.90 Å². The van der Waals surface area contributed by atoms with Crippen molar-refractivity contribution >= 4 is 22.1 Å². The third-order valence-electron chi connectivity index (χ3n) is 6.09. The molecule has 1 aromatic heterocycles. The molecule has 0 atom stereocenters. The van der Waals surface area contributed by atoms with E-state index in [-0.39, 0.29) is 5.41 Å². The maximum Gasteiger partial charge on any atom is 0.173 e. The molecular formula is C26H27NO2S. The fraction of sp³-hybridized carbons (Fsp3) is 0.346. The summed E-state index contributed by atoms with van der Waals surface area (Å²) in [6.45, 7) is 7.66. The molecule has 4 heteroatoms. The average molecular weight is 418 g/mol. The van der Waals surface area contributed by atoms with Gasteiger partial charge in [-0.05, 0) is 40.2 Å². The molecule has 0 amide bonds. The molecule has 30 heavy (non-hydrogen) atoms. The molecule has 2 aliphatic rings. The zero-order valence-electron chi connectivity index (χ0n) is 17.6. The molecule has 0 unspecified atom stereocenters. The van der Waals surface area contributed by atoms with Crippen molar-refractivity contribution in [2.24, 2.45) is 5.41 Å². The molecule has 0 radical (unpaired) electrons. The van der Waals surface area contributed by atoms with Gasteiger partial charge < -0.3 is 9.64 Å². The highest BCUT2D eigenvalue weighted by Gasteiger charge is 2.37. The number of nitrogens with zero attached hydrogens (tertiary/aromatic N) is 1. The standard InChI is InChI=1S/C26H27NO2S/c1-26(2)16-21-23(20-10-6-9-19(15-20)18-7-4-3-5-8-18)25(27-11-13-29-14-12-27)30-24(21)22(28)17-26/h3-10,15H,11-14,16-17H2,1-2H3. The molecule has 3 nitrogen and oxygen atoms in total. The topological polar surface area (TPSA) is 29.5 Å². The molecule has 0 spiro atoms. The van der Waals surface area contributed by atoms with E-state index in [4.69, 9.17) is 4.74 Å². The molecule has 1 aliphatic carbocycles. The van der Waals surface area contributed by atoms with Gasteiger partial charge in [0.15, 0.2) is 5.78 Å². The summed E-state index contributed by atoms with van der Waals surface area (Å²) in [5, 5.41) is 1.24. The van der Waals surface area contributed by atoms with E-state index in [0.29, 0.717) is 12.2 Å². The predicted octanol–water partition coefficient (Wildman–Crippen LogP) is 6.07. The molecule has 3 aromatic rings. The van der Waals surface area contributed by atoms with Crippen LogP contribution in [0.25, 0.3) is 22.3 Å². The van der Waals surface area contributed by atoms with Crippen molar-refractivity contribution < 1.29 is 9.53 Å². The van der Waals surface area contributed by atoms with Gasteiger partial charge in [-0.2, -0.15) is 0 Å². The van der Waals surface area contributed by atoms with Crippen LogP contribution in [-0.4, -0.2) is 32.1 Å². The molecule has 2 aromatic carbocycles. The highest BCUT2D eigenvalue weighted by molar-refractivity contribution is 7.19. The SMILES string of the molecule is CC1(C)CC(=O)c2sc(N3CCOCC3)c(-c3cccc(-c4ccccc4)c3)c2C1. The Kier molecular flexibility index (Phi) is 5.00. The summed E-state index contributed by atoms with van der Waals surface area (Å²) in [4.78, 5) is 16.4. The first-order valence-electron chi connectivity index (χ1n) is 10.7. The Morgan fingerprint density at radius 1 is 0.900 bits per heavy atom. The molecule has 0 N–H and O–H groups in total. The van der Waals surface area contributed by atoms with Crippen LogP contribution in [0.15, 0.2) is 54.6 Å². The van der Waals surface area contributed by atoms with Gasteiger partial charge in [0, 0.05) is 25.1 Å². The number of ether oxygens (including phenoxy) is 1. The summed E-state index contributed by atoms with van der Waals surface area (Å²) in [5.74, 6) is 0.297. The highest BCUT2D eigenvalue weighted by Crippen LogP contribution is 2.49. The summed E-state index contributed by atoms with van der Waals surface area (Å²) >= 11 is 1.69. The quantitative estimate of drug-likeness (QED) is 0.518. The molecule has 0 saturated carbocycles. The monoisotopic (exact) mass is 417 g/mol. The van der Waals surface area contributed by atoms with E-state index < -0.39 is 0 Å². The molecule has 2 heterocycles. The van der Waals surface area contributed by atoms with Crippen LogP contribution in [-0.2, 0) is 11.2 Å². The Morgan fingerprint density at radius 2 is 1.60 bits per heavy atom. The number of Topliss-reactive ketones (excluding diaryl/α,β-unsaturated/α-hetero) is 1. The summed E-state index contributed by atoms with van der Waals surface area (Å²) in [5.41, 5.74) is 6.14. The Hall–Kier alpha value is -2.43. The van der Waals surface area contributed by atoms with E-state index in [1.54, 1.807) is 11.3 Å². The van der Waals surface area contributed by atoms with Crippen molar-refractivity contribution in [3.8, 4) is 22.3 Å². The Morgan fingerprint density at radius 3 is 2.37 bits per heavy atom. The maximum atomic E-state index is 13.0. The minimum atomic E-state index is -0.000768. The fourth-order valence-electron chi connectivity index (χ4n) is 4.67. The van der Waals surface area contributed by atoms with Crippen LogP contribution in [0.1, 0.15) is 35.5 Å². The number of carbonyl (C=O) groups excluding carboxylic acids is 1. The summed E-state index contributed by atoms with van der Waals surface area (Å²) < 4.78 is 5.60. The van der Waals surface area contributed by atoms with Crippen molar-refractivity contribution in [3.05, 3.63) is 65.0 Å². The zero-order valence-corrected chi connectivity index (χ0v) is 18.4. The van der Waals surface area contributed by atoms with Gasteiger partial charge in [0.2, 0.25) is 0 Å². The molecule has 154 valence electrons. The van der Waals surface area contributed by atoms with Gasteiger partial charge in [0.1, 0.15) is 0 Å². The van der Waals surface area contributed by atoms with Gasteiger partial charge in [-0.15, -0.1) is 11.3 Å². The maximum absolute atomic E-state index is 13.0. The number of morpholine rings is 1. The van der Waals surface area contributed by atoms with Crippen molar-refractivity contribution in [3.63, 3.8) is 0 Å². The van der Waals surface area contributed by atoms with E-state index in [1.165, 1.54) is 32.8 Å². The first-order valence-corrected chi connectivity index (χ1v) is 11.5. The lowest BCUT2D eigenvalue weighted by Gasteiger charge is -2.30. The largest absolute Gasteiger partial charge is 0.378 e.